The van der Waals surface area contributed by atoms with Gasteiger partial charge < -0.3 is 14.7 Å². The van der Waals surface area contributed by atoms with Crippen LogP contribution in [0.15, 0.2) is 0 Å². The summed E-state index contributed by atoms with van der Waals surface area (Å²) in [5, 5.41) is 9.52. The summed E-state index contributed by atoms with van der Waals surface area (Å²) < 4.78 is 5.07. The number of rotatable bonds is 8. The van der Waals surface area contributed by atoms with Crippen LogP contribution in [0.3, 0.4) is 0 Å². The van der Waals surface area contributed by atoms with Crippen molar-refractivity contribution in [2.75, 3.05) is 45.4 Å². The van der Waals surface area contributed by atoms with E-state index in [9.17, 15) is 9.90 Å². The Balaban J connectivity index is 2.53. The molecular weight excluding hydrogens is 250 g/mol. The Kier molecular flexibility index (Phi) is 7.04. The minimum Gasteiger partial charge on any atom is -0.481 e. The lowest BCUT2D eigenvalue weighted by molar-refractivity contribution is -0.154. The van der Waals surface area contributed by atoms with Crippen LogP contribution in [0.1, 0.15) is 25.7 Å². The molecule has 1 rings (SSSR count). The van der Waals surface area contributed by atoms with Gasteiger partial charge in [-0.1, -0.05) is 0 Å². The zero-order valence-electron chi connectivity index (χ0n) is 11.5. The lowest BCUT2D eigenvalue weighted by Crippen LogP contribution is -2.48. The number of ether oxygens (including phenoxy) is 1. The molecule has 4 nitrogen and oxygen atoms in total. The predicted molar refractivity (Wildman–Crippen MR) is 75.2 cm³/mol. The minimum atomic E-state index is -0.658. The van der Waals surface area contributed by atoms with Crippen LogP contribution < -0.4 is 0 Å². The fourth-order valence-corrected chi connectivity index (χ4v) is 3.05. The third kappa shape index (κ3) is 4.44. The van der Waals surface area contributed by atoms with Crippen molar-refractivity contribution in [1.82, 2.24) is 4.90 Å². The van der Waals surface area contributed by atoms with E-state index in [4.69, 9.17) is 4.74 Å². The van der Waals surface area contributed by atoms with E-state index >= 15 is 0 Å². The lowest BCUT2D eigenvalue weighted by atomic mass is 9.77. The number of likely N-dealkylation sites (tertiary alicyclic amines) is 1. The van der Waals surface area contributed by atoms with Crippen molar-refractivity contribution < 1.29 is 14.6 Å². The van der Waals surface area contributed by atoms with Gasteiger partial charge in [-0.25, -0.2) is 0 Å². The molecule has 0 bridgehead atoms. The Morgan fingerprint density at radius 2 is 2.33 bits per heavy atom. The molecule has 0 spiro atoms. The first-order valence-corrected chi connectivity index (χ1v) is 7.97. The van der Waals surface area contributed by atoms with Crippen molar-refractivity contribution in [3.05, 3.63) is 0 Å². The highest BCUT2D eigenvalue weighted by molar-refractivity contribution is 7.98. The van der Waals surface area contributed by atoms with Gasteiger partial charge >= 0.3 is 5.97 Å². The largest absolute Gasteiger partial charge is 0.481 e. The Morgan fingerprint density at radius 3 is 2.94 bits per heavy atom. The molecule has 1 saturated heterocycles. The minimum absolute atomic E-state index is 0.533. The van der Waals surface area contributed by atoms with Crippen LogP contribution in [0.25, 0.3) is 0 Å². The molecule has 1 N–H and O–H groups in total. The summed E-state index contributed by atoms with van der Waals surface area (Å²) >= 11 is 1.85. The maximum atomic E-state index is 11.6. The Labute approximate surface area is 114 Å². The summed E-state index contributed by atoms with van der Waals surface area (Å²) in [6.07, 6.45) is 5.63. The molecule has 1 fully saturated rings. The van der Waals surface area contributed by atoms with Crippen molar-refractivity contribution in [2.45, 2.75) is 25.7 Å². The summed E-state index contributed by atoms with van der Waals surface area (Å²) in [7, 11) is 1.63. The number of carboxylic acids is 1. The maximum Gasteiger partial charge on any atom is 0.311 e. The van der Waals surface area contributed by atoms with E-state index in [1.807, 2.05) is 11.8 Å². The highest BCUT2D eigenvalue weighted by Gasteiger charge is 2.41. The van der Waals surface area contributed by atoms with Crippen LogP contribution in [-0.4, -0.2) is 61.3 Å². The number of methoxy groups -OCH3 is 1. The molecule has 18 heavy (non-hydrogen) atoms. The Hall–Kier alpha value is -0.260. The molecule has 0 amide bonds. The highest BCUT2D eigenvalue weighted by Crippen LogP contribution is 2.34. The fourth-order valence-electron chi connectivity index (χ4n) is 2.63. The molecule has 0 aromatic rings. The topological polar surface area (TPSA) is 49.8 Å². The number of carbonyl (C=O) groups is 1. The van der Waals surface area contributed by atoms with Crippen LogP contribution in [0.2, 0.25) is 0 Å². The second kappa shape index (κ2) is 8.02. The first-order valence-electron chi connectivity index (χ1n) is 6.58. The first-order chi connectivity index (χ1) is 8.64. The van der Waals surface area contributed by atoms with Crippen molar-refractivity contribution >= 4 is 17.7 Å². The van der Waals surface area contributed by atoms with Gasteiger partial charge in [-0.05, 0) is 50.8 Å². The third-order valence-corrected chi connectivity index (χ3v) is 4.41. The number of piperidine rings is 1. The molecule has 0 aliphatic carbocycles. The summed E-state index contributed by atoms with van der Waals surface area (Å²) in [5.41, 5.74) is -0.590. The molecule has 1 aliphatic heterocycles. The summed E-state index contributed by atoms with van der Waals surface area (Å²) in [4.78, 5) is 13.9. The van der Waals surface area contributed by atoms with Gasteiger partial charge in [0.05, 0.1) is 5.41 Å². The fraction of sp³-hybridized carbons (Fsp3) is 0.923. The molecule has 5 heteroatoms. The van der Waals surface area contributed by atoms with E-state index in [1.165, 1.54) is 0 Å². The van der Waals surface area contributed by atoms with E-state index in [-0.39, 0.29) is 0 Å². The molecule has 0 unspecified atom stereocenters. The summed E-state index contributed by atoms with van der Waals surface area (Å²) in [5.74, 6) is 0.489. The number of thioether (sulfide) groups is 1. The Morgan fingerprint density at radius 1 is 1.56 bits per heavy atom. The van der Waals surface area contributed by atoms with Gasteiger partial charge in [0, 0.05) is 20.3 Å². The van der Waals surface area contributed by atoms with Gasteiger partial charge in [-0.2, -0.15) is 11.8 Å². The molecule has 0 aromatic carbocycles. The monoisotopic (exact) mass is 275 g/mol. The van der Waals surface area contributed by atoms with Crippen LogP contribution in [0, 0.1) is 5.41 Å². The molecule has 1 aliphatic rings. The average Bonchev–Trinajstić information content (AvgIpc) is 2.37. The van der Waals surface area contributed by atoms with Gasteiger partial charge in [0.25, 0.3) is 0 Å². The molecule has 1 heterocycles. The number of aliphatic carboxylic acids is 1. The molecular formula is C13H25NO3S. The lowest BCUT2D eigenvalue weighted by Gasteiger charge is -2.40. The second-order valence-electron chi connectivity index (χ2n) is 5.05. The van der Waals surface area contributed by atoms with E-state index in [2.05, 4.69) is 11.2 Å². The first kappa shape index (κ1) is 15.8. The van der Waals surface area contributed by atoms with Crippen LogP contribution in [0.4, 0.5) is 0 Å². The van der Waals surface area contributed by atoms with Gasteiger partial charge in [-0.15, -0.1) is 0 Å². The normalized spacial score (nSPS) is 25.2. The zero-order valence-corrected chi connectivity index (χ0v) is 12.3. The standard InChI is InChI=1S/C13H25NO3S/c1-17-9-6-13(12(15)16)5-3-7-14(11-13)8-4-10-18-2/h3-11H2,1-2H3,(H,15,16)/t13-/m0/s1. The molecule has 0 saturated carbocycles. The number of carboxylic acid groups (broad SMARTS) is 1. The van der Waals surface area contributed by atoms with Crippen LogP contribution in [0.5, 0.6) is 0 Å². The zero-order chi connectivity index (χ0) is 13.4. The van der Waals surface area contributed by atoms with Crippen molar-refractivity contribution in [3.8, 4) is 0 Å². The predicted octanol–water partition coefficient (Wildman–Crippen LogP) is 1.94. The van der Waals surface area contributed by atoms with Crippen molar-refractivity contribution in [3.63, 3.8) is 0 Å². The number of hydrogen-bond acceptors (Lipinski definition) is 4. The SMILES string of the molecule is COCC[C@@]1(C(=O)O)CCCN(CCCSC)C1. The molecule has 106 valence electrons. The van der Waals surface area contributed by atoms with Gasteiger partial charge in [0.2, 0.25) is 0 Å². The molecule has 0 aromatic heterocycles. The van der Waals surface area contributed by atoms with Gasteiger partial charge in [-0.3, -0.25) is 4.79 Å². The maximum absolute atomic E-state index is 11.6. The van der Waals surface area contributed by atoms with Crippen LogP contribution in [-0.2, 0) is 9.53 Å². The highest BCUT2D eigenvalue weighted by atomic mass is 32.2. The average molecular weight is 275 g/mol. The smallest absolute Gasteiger partial charge is 0.311 e. The number of nitrogens with zero attached hydrogens (tertiary/aromatic N) is 1. The summed E-state index contributed by atoms with van der Waals surface area (Å²) in [6, 6.07) is 0. The van der Waals surface area contributed by atoms with E-state index in [0.29, 0.717) is 19.6 Å². The number of hydrogen-bond donors (Lipinski definition) is 1. The van der Waals surface area contributed by atoms with E-state index in [0.717, 1.165) is 38.1 Å². The van der Waals surface area contributed by atoms with Crippen LogP contribution >= 0.6 is 11.8 Å². The second-order valence-corrected chi connectivity index (χ2v) is 6.04. The summed E-state index contributed by atoms with van der Waals surface area (Å²) in [6.45, 7) is 3.27. The van der Waals surface area contributed by atoms with E-state index < -0.39 is 11.4 Å². The van der Waals surface area contributed by atoms with Crippen molar-refractivity contribution in [2.24, 2.45) is 5.41 Å². The quantitative estimate of drug-likeness (QED) is 0.686. The van der Waals surface area contributed by atoms with Gasteiger partial charge in [0.15, 0.2) is 0 Å². The third-order valence-electron chi connectivity index (χ3n) is 3.72. The molecule has 0 radical (unpaired) electrons. The van der Waals surface area contributed by atoms with E-state index in [1.54, 1.807) is 7.11 Å². The van der Waals surface area contributed by atoms with Crippen molar-refractivity contribution in [1.29, 1.82) is 0 Å². The Bertz CT molecular complexity index is 263. The van der Waals surface area contributed by atoms with Gasteiger partial charge in [0.1, 0.15) is 0 Å². The molecule has 1 atom stereocenters.